The van der Waals surface area contributed by atoms with Gasteiger partial charge >= 0.3 is 11.9 Å². The Hall–Kier alpha value is -2.63. The van der Waals surface area contributed by atoms with Crippen molar-refractivity contribution in [3.05, 3.63) is 41.1 Å². The van der Waals surface area contributed by atoms with Gasteiger partial charge in [-0.2, -0.15) is 0 Å². The van der Waals surface area contributed by atoms with Gasteiger partial charge in [0.1, 0.15) is 11.7 Å². The van der Waals surface area contributed by atoms with Crippen LogP contribution in [0.5, 0.6) is 5.75 Å². The first-order valence-corrected chi connectivity index (χ1v) is 8.17. The highest BCUT2D eigenvalue weighted by Gasteiger charge is 2.42. The van der Waals surface area contributed by atoms with Crippen LogP contribution in [-0.4, -0.2) is 37.0 Å². The second kappa shape index (κ2) is 7.96. The van der Waals surface area contributed by atoms with Crippen molar-refractivity contribution in [2.45, 2.75) is 32.6 Å². The lowest BCUT2D eigenvalue weighted by Crippen LogP contribution is -2.36. The molecule has 0 aromatic heterocycles. The number of aliphatic carboxylic acids is 1. The fraction of sp³-hybridized carbons (Fsp3) is 0.421. The van der Waals surface area contributed by atoms with Crippen molar-refractivity contribution in [3.63, 3.8) is 0 Å². The van der Waals surface area contributed by atoms with Gasteiger partial charge in [0.05, 0.1) is 25.5 Å². The molecule has 2 unspecified atom stereocenters. The molecule has 25 heavy (non-hydrogen) atoms. The van der Waals surface area contributed by atoms with Crippen LogP contribution >= 0.6 is 0 Å². The minimum atomic E-state index is -1.06. The van der Waals surface area contributed by atoms with Crippen LogP contribution in [-0.2, 0) is 14.3 Å². The molecule has 6 heteroatoms. The Morgan fingerprint density at radius 2 is 1.84 bits per heavy atom. The molecular formula is C19H23NO5. The molecule has 0 radical (unpaired) electrons. The van der Waals surface area contributed by atoms with Crippen molar-refractivity contribution in [1.82, 2.24) is 0 Å². The lowest BCUT2D eigenvalue weighted by Gasteiger charge is -2.31. The number of carboxylic acid groups (broad SMARTS) is 1. The van der Waals surface area contributed by atoms with Crippen LogP contribution in [0.1, 0.15) is 38.2 Å². The lowest BCUT2D eigenvalue weighted by molar-refractivity contribution is -0.143. The minimum Gasteiger partial charge on any atom is -0.497 e. The maximum atomic E-state index is 12.4. The van der Waals surface area contributed by atoms with Gasteiger partial charge in [-0.05, 0) is 31.0 Å². The number of carbonyl (C=O) groups is 2. The predicted molar refractivity (Wildman–Crippen MR) is 93.9 cm³/mol. The van der Waals surface area contributed by atoms with E-state index < -0.39 is 23.8 Å². The minimum absolute atomic E-state index is 0.160. The van der Waals surface area contributed by atoms with Gasteiger partial charge in [0, 0.05) is 11.6 Å². The maximum Gasteiger partial charge on any atom is 0.334 e. The Kier molecular flexibility index (Phi) is 5.96. The summed E-state index contributed by atoms with van der Waals surface area (Å²) in [5, 5.41) is 9.82. The SMILES string of the molecule is CCCC1=C(C(=O)O)C(c2ccc(OC)cc2)C(C(=O)OC)C(C)=N1. The molecule has 0 saturated carbocycles. The molecule has 134 valence electrons. The molecule has 0 saturated heterocycles. The second-order valence-electron chi connectivity index (χ2n) is 5.92. The van der Waals surface area contributed by atoms with E-state index in [9.17, 15) is 14.7 Å². The molecule has 0 spiro atoms. The summed E-state index contributed by atoms with van der Waals surface area (Å²) in [6, 6.07) is 7.07. The number of hydrogen-bond donors (Lipinski definition) is 1. The Morgan fingerprint density at radius 3 is 2.32 bits per heavy atom. The Balaban J connectivity index is 2.65. The molecule has 1 aliphatic heterocycles. The van der Waals surface area contributed by atoms with Crippen LogP contribution in [0.15, 0.2) is 40.5 Å². The molecule has 2 rings (SSSR count). The average molecular weight is 345 g/mol. The van der Waals surface area contributed by atoms with Gasteiger partial charge < -0.3 is 14.6 Å². The summed E-state index contributed by atoms with van der Waals surface area (Å²) in [5.74, 6) is -2.29. The molecule has 2 atom stereocenters. The third kappa shape index (κ3) is 3.73. The summed E-state index contributed by atoms with van der Waals surface area (Å²) in [5.41, 5.74) is 1.97. The maximum absolute atomic E-state index is 12.4. The first-order chi connectivity index (χ1) is 11.9. The molecule has 0 amide bonds. The highest BCUT2D eigenvalue weighted by atomic mass is 16.5. The zero-order valence-electron chi connectivity index (χ0n) is 14.9. The molecule has 1 aromatic rings. The molecule has 1 N–H and O–H groups in total. The van der Waals surface area contributed by atoms with Gasteiger partial charge in [0.2, 0.25) is 0 Å². The Morgan fingerprint density at radius 1 is 1.20 bits per heavy atom. The summed E-state index contributed by atoms with van der Waals surface area (Å²) < 4.78 is 10.1. The normalized spacial score (nSPS) is 20.1. The van der Waals surface area contributed by atoms with Gasteiger partial charge in [-0.15, -0.1) is 0 Å². The molecule has 6 nitrogen and oxygen atoms in total. The van der Waals surface area contributed by atoms with Crippen molar-refractivity contribution >= 4 is 17.7 Å². The van der Waals surface area contributed by atoms with Gasteiger partial charge in [-0.1, -0.05) is 25.5 Å². The Bertz CT molecular complexity index is 718. The number of carboxylic acids is 1. The number of esters is 1. The monoisotopic (exact) mass is 345 g/mol. The topological polar surface area (TPSA) is 85.2 Å². The number of hydrogen-bond acceptors (Lipinski definition) is 5. The Labute approximate surface area is 147 Å². The van der Waals surface area contributed by atoms with Crippen LogP contribution in [0.3, 0.4) is 0 Å². The van der Waals surface area contributed by atoms with Crippen LogP contribution < -0.4 is 4.74 Å². The fourth-order valence-electron chi connectivity index (χ4n) is 3.22. The fourth-order valence-corrected chi connectivity index (χ4v) is 3.22. The number of methoxy groups -OCH3 is 2. The highest BCUT2D eigenvalue weighted by Crippen LogP contribution is 2.41. The van der Waals surface area contributed by atoms with E-state index in [4.69, 9.17) is 9.47 Å². The van der Waals surface area contributed by atoms with Gasteiger partial charge in [0.15, 0.2) is 0 Å². The summed E-state index contributed by atoms with van der Waals surface area (Å²) in [4.78, 5) is 28.8. The number of ether oxygens (including phenoxy) is 2. The number of allylic oxidation sites excluding steroid dienone is 1. The first-order valence-electron chi connectivity index (χ1n) is 8.17. The van der Waals surface area contributed by atoms with Crippen LogP contribution in [0, 0.1) is 5.92 Å². The van der Waals surface area contributed by atoms with E-state index in [1.807, 2.05) is 6.92 Å². The zero-order chi connectivity index (χ0) is 18.6. The van der Waals surface area contributed by atoms with Crippen LogP contribution in [0.4, 0.5) is 0 Å². The molecule has 0 bridgehead atoms. The van der Waals surface area contributed by atoms with Crippen LogP contribution in [0.2, 0.25) is 0 Å². The molecule has 0 aliphatic carbocycles. The van der Waals surface area contributed by atoms with E-state index in [2.05, 4.69) is 4.99 Å². The standard InChI is InChI=1S/C19H23NO5/c1-5-6-14-17(18(21)22)16(12-7-9-13(24-3)10-8-12)15(11(2)20-14)19(23)25-4/h7-10,15-16H,5-6H2,1-4H3,(H,21,22). The van der Waals surface area contributed by atoms with E-state index in [0.29, 0.717) is 23.6 Å². The summed E-state index contributed by atoms with van der Waals surface area (Å²) in [6.45, 7) is 3.71. The summed E-state index contributed by atoms with van der Waals surface area (Å²) in [6.07, 6.45) is 1.31. The van der Waals surface area contributed by atoms with Gasteiger partial charge in [-0.25, -0.2) is 4.79 Å². The third-order valence-corrected chi connectivity index (χ3v) is 4.36. The summed E-state index contributed by atoms with van der Waals surface area (Å²) in [7, 11) is 2.86. The second-order valence-corrected chi connectivity index (χ2v) is 5.92. The van der Waals surface area contributed by atoms with Crippen molar-refractivity contribution in [2.75, 3.05) is 14.2 Å². The lowest BCUT2D eigenvalue weighted by atomic mass is 9.75. The van der Waals surface area contributed by atoms with Crippen molar-refractivity contribution in [1.29, 1.82) is 0 Å². The molecule has 0 fully saturated rings. The average Bonchev–Trinajstić information content (AvgIpc) is 2.60. The van der Waals surface area contributed by atoms with Crippen molar-refractivity contribution < 1.29 is 24.2 Å². The zero-order valence-corrected chi connectivity index (χ0v) is 14.9. The van der Waals surface area contributed by atoms with E-state index in [1.54, 1.807) is 38.3 Å². The quantitative estimate of drug-likeness (QED) is 0.800. The smallest absolute Gasteiger partial charge is 0.334 e. The first kappa shape index (κ1) is 18.7. The van der Waals surface area contributed by atoms with E-state index in [1.165, 1.54) is 7.11 Å². The molecular weight excluding hydrogens is 322 g/mol. The third-order valence-electron chi connectivity index (χ3n) is 4.36. The van der Waals surface area contributed by atoms with Crippen molar-refractivity contribution in [2.24, 2.45) is 10.9 Å². The number of aliphatic imine (C=N–C) groups is 1. The number of benzene rings is 1. The van der Waals surface area contributed by atoms with E-state index in [0.717, 1.165) is 12.0 Å². The molecule has 1 aromatic carbocycles. The van der Waals surface area contributed by atoms with Crippen LogP contribution in [0.25, 0.3) is 0 Å². The number of nitrogens with zero attached hydrogens (tertiary/aromatic N) is 1. The highest BCUT2D eigenvalue weighted by molar-refractivity contribution is 6.06. The predicted octanol–water partition coefficient (Wildman–Crippen LogP) is 3.18. The van der Waals surface area contributed by atoms with Crippen molar-refractivity contribution in [3.8, 4) is 5.75 Å². The number of rotatable bonds is 6. The van der Waals surface area contributed by atoms with Gasteiger partial charge in [0.25, 0.3) is 0 Å². The molecule has 1 aliphatic rings. The largest absolute Gasteiger partial charge is 0.497 e. The van der Waals surface area contributed by atoms with Gasteiger partial charge in [-0.3, -0.25) is 9.79 Å². The molecule has 1 heterocycles. The van der Waals surface area contributed by atoms with E-state index in [-0.39, 0.29) is 5.57 Å². The number of carbonyl (C=O) groups excluding carboxylic acids is 1. The van der Waals surface area contributed by atoms with E-state index >= 15 is 0 Å². The summed E-state index contributed by atoms with van der Waals surface area (Å²) >= 11 is 0.